The zero-order valence-corrected chi connectivity index (χ0v) is 11.5. The van der Waals surface area contributed by atoms with E-state index in [0.717, 1.165) is 11.1 Å². The largest absolute Gasteiger partial charge is 0.441 e. The van der Waals surface area contributed by atoms with Crippen molar-refractivity contribution < 1.29 is 14.0 Å². The average molecular weight is 275 g/mol. The lowest BCUT2D eigenvalue weighted by molar-refractivity contribution is -0.127. The summed E-state index contributed by atoms with van der Waals surface area (Å²) >= 11 is 0. The summed E-state index contributed by atoms with van der Waals surface area (Å²) in [4.78, 5) is 26.8. The second-order valence-corrected chi connectivity index (χ2v) is 4.54. The maximum absolute atomic E-state index is 11.7. The Labute approximate surface area is 116 Å². The predicted molar refractivity (Wildman–Crippen MR) is 74.0 cm³/mol. The van der Waals surface area contributed by atoms with Gasteiger partial charge in [-0.15, -0.1) is 0 Å². The molecule has 0 aliphatic rings. The van der Waals surface area contributed by atoms with Gasteiger partial charge in [0.15, 0.2) is 11.5 Å². The van der Waals surface area contributed by atoms with Crippen molar-refractivity contribution in [3.05, 3.63) is 30.2 Å². The zero-order chi connectivity index (χ0) is 14.5. The Balaban J connectivity index is 1.83. The van der Waals surface area contributed by atoms with Gasteiger partial charge in [-0.3, -0.25) is 9.59 Å². The molecular weight excluding hydrogens is 258 g/mol. The summed E-state index contributed by atoms with van der Waals surface area (Å²) in [6.45, 7) is 3.42. The molecule has 6 nitrogen and oxygen atoms in total. The van der Waals surface area contributed by atoms with Crippen LogP contribution in [-0.2, 0) is 16.0 Å². The van der Waals surface area contributed by atoms with Crippen LogP contribution in [0.5, 0.6) is 0 Å². The number of carbonyl (C=O) groups is 2. The molecule has 20 heavy (non-hydrogen) atoms. The molecule has 1 heterocycles. The molecule has 0 radical (unpaired) electrons. The number of hydrogen-bond donors (Lipinski definition) is 2. The van der Waals surface area contributed by atoms with Crippen molar-refractivity contribution in [2.75, 3.05) is 6.54 Å². The molecule has 0 saturated carbocycles. The van der Waals surface area contributed by atoms with E-state index in [1.165, 1.54) is 6.92 Å². The fraction of sp³-hybridized carbons (Fsp3) is 0.357. The molecule has 106 valence electrons. The number of benzene rings is 1. The Morgan fingerprint density at radius 2 is 2.10 bits per heavy atom. The number of oxazole rings is 1. The fourth-order valence-corrected chi connectivity index (χ4v) is 1.84. The highest BCUT2D eigenvalue weighted by molar-refractivity contribution is 5.86. The van der Waals surface area contributed by atoms with Crippen molar-refractivity contribution in [2.45, 2.75) is 26.3 Å². The lowest BCUT2D eigenvalue weighted by Gasteiger charge is -2.11. The normalized spacial score (nSPS) is 12.1. The van der Waals surface area contributed by atoms with E-state index in [0.29, 0.717) is 18.9 Å². The van der Waals surface area contributed by atoms with Crippen LogP contribution >= 0.6 is 0 Å². The second kappa shape index (κ2) is 6.18. The lowest BCUT2D eigenvalue weighted by atomic mass is 10.3. The maximum atomic E-state index is 11.7. The first kappa shape index (κ1) is 14.0. The van der Waals surface area contributed by atoms with Gasteiger partial charge in [-0.25, -0.2) is 4.98 Å². The molecular formula is C14H17N3O3. The summed E-state index contributed by atoms with van der Waals surface area (Å²) in [5, 5.41) is 5.25. The molecule has 2 rings (SSSR count). The van der Waals surface area contributed by atoms with Crippen LogP contribution in [0.4, 0.5) is 0 Å². The molecule has 0 fully saturated rings. The summed E-state index contributed by atoms with van der Waals surface area (Å²) in [6, 6.07) is 6.96. The number of para-hydroxylation sites is 2. The van der Waals surface area contributed by atoms with Crippen LogP contribution in [0, 0.1) is 0 Å². The molecule has 1 aromatic heterocycles. The zero-order valence-electron chi connectivity index (χ0n) is 11.5. The molecule has 2 amide bonds. The minimum Gasteiger partial charge on any atom is -0.441 e. The Morgan fingerprint density at radius 1 is 1.35 bits per heavy atom. The lowest BCUT2D eigenvalue weighted by Crippen LogP contribution is -2.44. The third-order valence-electron chi connectivity index (χ3n) is 2.79. The Kier molecular flexibility index (Phi) is 4.34. The molecule has 0 saturated heterocycles. The standard InChI is InChI=1S/C14H17N3O3/c1-9(16-10(2)18)14(19)15-8-7-13-17-11-5-3-4-6-12(11)20-13/h3-6,9H,7-8H2,1-2H3,(H,15,19)(H,16,18)/t9-/m0/s1. The van der Waals surface area contributed by atoms with Gasteiger partial charge in [-0.05, 0) is 19.1 Å². The van der Waals surface area contributed by atoms with Gasteiger partial charge < -0.3 is 15.1 Å². The van der Waals surface area contributed by atoms with Gasteiger partial charge in [-0.1, -0.05) is 12.1 Å². The highest BCUT2D eigenvalue weighted by Gasteiger charge is 2.13. The van der Waals surface area contributed by atoms with Gasteiger partial charge >= 0.3 is 0 Å². The number of amides is 2. The van der Waals surface area contributed by atoms with E-state index in [-0.39, 0.29) is 11.8 Å². The molecule has 0 spiro atoms. The van der Waals surface area contributed by atoms with Crippen molar-refractivity contribution in [1.82, 2.24) is 15.6 Å². The van der Waals surface area contributed by atoms with E-state index in [9.17, 15) is 9.59 Å². The molecule has 0 unspecified atom stereocenters. The molecule has 1 aromatic carbocycles. The third-order valence-corrected chi connectivity index (χ3v) is 2.79. The molecule has 6 heteroatoms. The fourth-order valence-electron chi connectivity index (χ4n) is 1.84. The monoisotopic (exact) mass is 275 g/mol. The van der Waals surface area contributed by atoms with Crippen LogP contribution in [0.25, 0.3) is 11.1 Å². The summed E-state index contributed by atoms with van der Waals surface area (Å²) in [5.74, 6) is 0.126. The average Bonchev–Trinajstić information content (AvgIpc) is 2.80. The van der Waals surface area contributed by atoms with Crippen LogP contribution in [-0.4, -0.2) is 29.4 Å². The minimum atomic E-state index is -0.545. The highest BCUT2D eigenvalue weighted by atomic mass is 16.3. The van der Waals surface area contributed by atoms with Crippen molar-refractivity contribution in [1.29, 1.82) is 0 Å². The van der Waals surface area contributed by atoms with Crippen molar-refractivity contribution in [2.24, 2.45) is 0 Å². The van der Waals surface area contributed by atoms with E-state index in [1.807, 2.05) is 24.3 Å². The maximum Gasteiger partial charge on any atom is 0.242 e. The van der Waals surface area contributed by atoms with Crippen molar-refractivity contribution >= 4 is 22.9 Å². The van der Waals surface area contributed by atoms with Crippen LogP contribution in [0.3, 0.4) is 0 Å². The number of hydrogen-bond acceptors (Lipinski definition) is 4. The van der Waals surface area contributed by atoms with Gasteiger partial charge in [0.05, 0.1) is 0 Å². The Hall–Kier alpha value is -2.37. The third kappa shape index (κ3) is 3.57. The van der Waals surface area contributed by atoms with Gasteiger partial charge in [0, 0.05) is 19.9 Å². The molecule has 0 bridgehead atoms. The number of carbonyl (C=O) groups excluding carboxylic acids is 2. The molecule has 2 N–H and O–H groups in total. The number of rotatable bonds is 5. The summed E-state index contributed by atoms with van der Waals surface area (Å²) in [7, 11) is 0. The first-order valence-corrected chi connectivity index (χ1v) is 6.45. The topological polar surface area (TPSA) is 84.2 Å². The van der Waals surface area contributed by atoms with Gasteiger partial charge in [0.25, 0.3) is 0 Å². The SMILES string of the molecule is CC(=O)N[C@@H](C)C(=O)NCCc1nc2ccccc2o1. The predicted octanol–water partition coefficient (Wildman–Crippen LogP) is 1.01. The van der Waals surface area contributed by atoms with E-state index in [4.69, 9.17) is 4.42 Å². The summed E-state index contributed by atoms with van der Waals surface area (Å²) in [6.07, 6.45) is 0.507. The molecule has 0 aliphatic carbocycles. The van der Waals surface area contributed by atoms with Gasteiger partial charge in [-0.2, -0.15) is 0 Å². The van der Waals surface area contributed by atoms with Crippen molar-refractivity contribution in [3.8, 4) is 0 Å². The van der Waals surface area contributed by atoms with E-state index in [2.05, 4.69) is 15.6 Å². The van der Waals surface area contributed by atoms with Crippen LogP contribution in [0.2, 0.25) is 0 Å². The first-order chi connectivity index (χ1) is 9.56. The number of nitrogens with one attached hydrogen (secondary N) is 2. The van der Waals surface area contributed by atoms with E-state index >= 15 is 0 Å². The number of aromatic nitrogens is 1. The minimum absolute atomic E-state index is 0.226. The summed E-state index contributed by atoms with van der Waals surface area (Å²) in [5.41, 5.74) is 1.54. The molecule has 0 aliphatic heterocycles. The van der Waals surface area contributed by atoms with Gasteiger partial charge in [0.2, 0.25) is 11.8 Å². The summed E-state index contributed by atoms with van der Waals surface area (Å²) < 4.78 is 5.54. The Bertz CT molecular complexity index is 588. The quantitative estimate of drug-likeness (QED) is 0.853. The van der Waals surface area contributed by atoms with E-state index < -0.39 is 6.04 Å². The van der Waals surface area contributed by atoms with Crippen molar-refractivity contribution in [3.63, 3.8) is 0 Å². The van der Waals surface area contributed by atoms with E-state index in [1.54, 1.807) is 6.92 Å². The number of fused-ring (bicyclic) bond motifs is 1. The smallest absolute Gasteiger partial charge is 0.242 e. The van der Waals surface area contributed by atoms with Gasteiger partial charge in [0.1, 0.15) is 11.6 Å². The highest BCUT2D eigenvalue weighted by Crippen LogP contribution is 2.14. The molecule has 2 aromatic rings. The van der Waals surface area contributed by atoms with Crippen LogP contribution in [0.15, 0.2) is 28.7 Å². The van der Waals surface area contributed by atoms with Crippen LogP contribution in [0.1, 0.15) is 19.7 Å². The first-order valence-electron chi connectivity index (χ1n) is 6.45. The number of nitrogens with zero attached hydrogens (tertiary/aromatic N) is 1. The van der Waals surface area contributed by atoms with Crippen LogP contribution < -0.4 is 10.6 Å². The Morgan fingerprint density at radius 3 is 2.80 bits per heavy atom. The molecule has 1 atom stereocenters. The second-order valence-electron chi connectivity index (χ2n) is 4.54.